The van der Waals surface area contributed by atoms with Crippen molar-refractivity contribution < 1.29 is 17.7 Å². The highest BCUT2D eigenvalue weighted by molar-refractivity contribution is 8.57. The number of nitrogens with zero attached hydrogens (tertiary/aromatic N) is 1. The van der Waals surface area contributed by atoms with Crippen LogP contribution in [-0.4, -0.2) is 35.2 Å². The molecule has 102 valence electrons. The van der Waals surface area contributed by atoms with Gasteiger partial charge in [-0.1, -0.05) is 37.4 Å². The number of hydrogen-bond acceptors (Lipinski definition) is 3. The van der Waals surface area contributed by atoms with Gasteiger partial charge in [-0.05, 0) is 13.5 Å². The molecule has 2 unspecified atom stereocenters. The van der Waals surface area contributed by atoms with E-state index in [0.29, 0.717) is 11.1 Å². The monoisotopic (exact) mass is 308 g/mol. The molecule has 0 aromatic heterocycles. The first-order valence-electron chi connectivity index (χ1n) is 4.91. The van der Waals surface area contributed by atoms with Crippen LogP contribution in [-0.2, 0) is 4.57 Å². The molecule has 0 aliphatic heterocycles. The van der Waals surface area contributed by atoms with E-state index in [1.54, 1.807) is 6.92 Å². The van der Waals surface area contributed by atoms with Gasteiger partial charge in [0.05, 0.1) is 0 Å². The van der Waals surface area contributed by atoms with Crippen molar-refractivity contribution in [3.8, 4) is 0 Å². The Labute approximate surface area is 109 Å². The second-order valence-corrected chi connectivity index (χ2v) is 9.00. The van der Waals surface area contributed by atoms with E-state index in [4.69, 9.17) is 0 Å². The van der Waals surface area contributed by atoms with Gasteiger partial charge in [0.25, 0.3) is 6.65 Å². The summed E-state index contributed by atoms with van der Waals surface area (Å²) in [4.78, 5) is -1.27. The Hall–Kier alpha value is 0.220. The lowest BCUT2D eigenvalue weighted by molar-refractivity contribution is -0.0620. The Morgan fingerprint density at radius 2 is 2.06 bits per heavy atom. The van der Waals surface area contributed by atoms with Gasteiger partial charge in [-0.15, -0.1) is 0 Å². The SMILES string of the molecule is CCC(C)SP(=O)(NC)N(C)C(=S)C(F)(F)F. The normalized spacial score (nSPS) is 17.4. The maximum absolute atomic E-state index is 12.4. The largest absolute Gasteiger partial charge is 0.442 e. The van der Waals surface area contributed by atoms with Crippen LogP contribution in [0.15, 0.2) is 0 Å². The van der Waals surface area contributed by atoms with Gasteiger partial charge in [-0.25, -0.2) is 5.09 Å². The molecule has 1 N–H and O–H groups in total. The summed E-state index contributed by atoms with van der Waals surface area (Å²) in [6.45, 7) is 0.302. The molecule has 0 bridgehead atoms. The fourth-order valence-corrected chi connectivity index (χ4v) is 5.83. The van der Waals surface area contributed by atoms with E-state index in [2.05, 4.69) is 17.3 Å². The summed E-state index contributed by atoms with van der Waals surface area (Å²) in [5.74, 6) is 0. The van der Waals surface area contributed by atoms with Crippen molar-refractivity contribution in [2.75, 3.05) is 14.1 Å². The Balaban J connectivity index is 4.99. The summed E-state index contributed by atoms with van der Waals surface area (Å²) in [6.07, 6.45) is -3.93. The molecule has 0 aromatic carbocycles. The summed E-state index contributed by atoms with van der Waals surface area (Å²) >= 11 is 5.28. The molecule has 0 aromatic rings. The number of hydrogen-bond donors (Lipinski definition) is 1. The van der Waals surface area contributed by atoms with Crippen LogP contribution in [0.5, 0.6) is 0 Å². The average molecular weight is 308 g/mol. The number of rotatable bonds is 5. The number of nitrogens with one attached hydrogen (secondary N) is 1. The first-order valence-corrected chi connectivity index (χ1v) is 8.46. The molecule has 0 saturated heterocycles. The van der Waals surface area contributed by atoms with Gasteiger partial charge in [0.1, 0.15) is 0 Å². The molecule has 0 spiro atoms. The zero-order valence-corrected chi connectivity index (χ0v) is 12.6. The molecule has 3 nitrogen and oxygen atoms in total. The Morgan fingerprint density at radius 1 is 1.59 bits per heavy atom. The van der Waals surface area contributed by atoms with Gasteiger partial charge in [-0.3, -0.25) is 9.24 Å². The van der Waals surface area contributed by atoms with Crippen LogP contribution in [0, 0.1) is 0 Å². The van der Waals surface area contributed by atoms with Crippen LogP contribution in [0.25, 0.3) is 0 Å². The van der Waals surface area contributed by atoms with Crippen molar-refractivity contribution in [2.24, 2.45) is 0 Å². The molecule has 0 amide bonds. The first-order chi connectivity index (χ1) is 7.58. The van der Waals surface area contributed by atoms with E-state index in [-0.39, 0.29) is 5.25 Å². The summed E-state index contributed by atoms with van der Waals surface area (Å²) in [5.41, 5.74) is 0. The zero-order chi connectivity index (χ0) is 13.9. The van der Waals surface area contributed by atoms with Crippen molar-refractivity contribution >= 4 is 35.2 Å². The Kier molecular flexibility index (Phi) is 6.49. The smallest absolute Gasteiger partial charge is 0.293 e. The van der Waals surface area contributed by atoms with Crippen molar-refractivity contribution in [3.63, 3.8) is 0 Å². The lowest BCUT2D eigenvalue weighted by atomic mass is 10.4. The second kappa shape index (κ2) is 6.41. The predicted molar refractivity (Wildman–Crippen MR) is 70.4 cm³/mol. The molecule has 9 heteroatoms. The van der Waals surface area contributed by atoms with Crippen LogP contribution in [0.4, 0.5) is 13.2 Å². The molecule has 2 atom stereocenters. The quantitative estimate of drug-likeness (QED) is 0.619. The van der Waals surface area contributed by atoms with Crippen molar-refractivity contribution in [3.05, 3.63) is 0 Å². The Bertz CT molecular complexity index is 324. The standard InChI is InChI=1S/C8H16F3N2OPS2/c1-5-6(2)17-15(14,12-3)13(4)7(16)8(9,10)11/h6H,5H2,1-4H3,(H,12,14). The summed E-state index contributed by atoms with van der Waals surface area (Å²) in [6, 6.07) is 0. The van der Waals surface area contributed by atoms with Gasteiger partial charge in [-0.2, -0.15) is 13.2 Å². The van der Waals surface area contributed by atoms with E-state index in [0.717, 1.165) is 18.4 Å². The third-order valence-electron chi connectivity index (χ3n) is 2.11. The van der Waals surface area contributed by atoms with Crippen LogP contribution >= 0.6 is 30.2 Å². The molecule has 0 fully saturated rings. The highest BCUT2D eigenvalue weighted by Gasteiger charge is 2.43. The van der Waals surface area contributed by atoms with Gasteiger partial charge < -0.3 is 0 Å². The molecule has 0 rings (SSSR count). The molecule has 0 aliphatic carbocycles. The molecule has 0 aliphatic rings. The average Bonchev–Trinajstić information content (AvgIpc) is 2.25. The van der Waals surface area contributed by atoms with Crippen molar-refractivity contribution in [1.29, 1.82) is 0 Å². The van der Waals surface area contributed by atoms with Crippen LogP contribution in [0.2, 0.25) is 0 Å². The summed E-state index contributed by atoms with van der Waals surface area (Å²) in [7, 11) is 2.47. The minimum Gasteiger partial charge on any atom is -0.293 e. The lowest BCUT2D eigenvalue weighted by Crippen LogP contribution is -2.36. The van der Waals surface area contributed by atoms with Crippen molar-refractivity contribution in [1.82, 2.24) is 9.76 Å². The molecular formula is C8H16F3N2OPS2. The van der Waals surface area contributed by atoms with Crippen LogP contribution in [0.1, 0.15) is 20.3 Å². The van der Waals surface area contributed by atoms with Gasteiger partial charge >= 0.3 is 6.18 Å². The highest BCUT2D eigenvalue weighted by atomic mass is 32.7. The van der Waals surface area contributed by atoms with Gasteiger partial charge in [0.15, 0.2) is 4.99 Å². The van der Waals surface area contributed by atoms with Crippen molar-refractivity contribution in [2.45, 2.75) is 31.7 Å². The topological polar surface area (TPSA) is 32.3 Å². The van der Waals surface area contributed by atoms with E-state index in [9.17, 15) is 17.7 Å². The van der Waals surface area contributed by atoms with Gasteiger partial charge in [0.2, 0.25) is 0 Å². The van der Waals surface area contributed by atoms with Crippen LogP contribution < -0.4 is 5.09 Å². The predicted octanol–water partition coefficient (Wildman–Crippen LogP) is 3.67. The van der Waals surface area contributed by atoms with Crippen LogP contribution in [0.3, 0.4) is 0 Å². The van der Waals surface area contributed by atoms with E-state index in [1.807, 2.05) is 6.92 Å². The van der Waals surface area contributed by atoms with E-state index < -0.39 is 17.8 Å². The maximum atomic E-state index is 12.4. The maximum Gasteiger partial charge on any atom is 0.442 e. The Morgan fingerprint density at radius 3 is 2.35 bits per heavy atom. The fourth-order valence-electron chi connectivity index (χ4n) is 0.895. The van der Waals surface area contributed by atoms with E-state index >= 15 is 0 Å². The highest BCUT2D eigenvalue weighted by Crippen LogP contribution is 2.59. The minimum absolute atomic E-state index is 0.0215. The third kappa shape index (κ3) is 4.77. The molecule has 0 saturated carbocycles. The minimum atomic E-state index is -4.65. The van der Waals surface area contributed by atoms with E-state index in [1.165, 1.54) is 7.05 Å². The number of thiocarbonyl (C=S) groups is 1. The molecule has 17 heavy (non-hydrogen) atoms. The summed E-state index contributed by atoms with van der Waals surface area (Å²) < 4.78 is 50.3. The third-order valence-corrected chi connectivity index (χ3v) is 8.51. The summed E-state index contributed by atoms with van der Waals surface area (Å²) in [5, 5.41) is 2.43. The number of alkyl halides is 3. The molecule has 0 radical (unpaired) electrons. The fraction of sp³-hybridized carbons (Fsp3) is 0.875. The molecule has 0 heterocycles. The lowest BCUT2D eigenvalue weighted by Gasteiger charge is -2.31. The second-order valence-electron chi connectivity index (χ2n) is 3.39. The molecular weight excluding hydrogens is 292 g/mol. The first kappa shape index (κ1) is 17.2. The number of halogens is 3. The zero-order valence-electron chi connectivity index (χ0n) is 10.0. The van der Waals surface area contributed by atoms with Gasteiger partial charge in [0, 0.05) is 12.3 Å².